The number of aryl methyl sites for hydroxylation is 2. The zero-order valence-electron chi connectivity index (χ0n) is 17.8. The van der Waals surface area contributed by atoms with E-state index in [0.29, 0.717) is 17.1 Å². The third kappa shape index (κ3) is 6.37. The molecule has 2 aromatic rings. The summed E-state index contributed by atoms with van der Waals surface area (Å²) in [6, 6.07) is 11.1. The Morgan fingerprint density at radius 2 is 1.77 bits per heavy atom. The van der Waals surface area contributed by atoms with E-state index in [1.54, 1.807) is 12.1 Å². The van der Waals surface area contributed by atoms with Gasteiger partial charge in [-0.2, -0.15) is 0 Å². The molecule has 0 fully saturated rings. The number of anilines is 1. The summed E-state index contributed by atoms with van der Waals surface area (Å²) in [6.07, 6.45) is 6.43. The molecule has 1 N–H and O–H groups in total. The van der Waals surface area contributed by atoms with Crippen LogP contribution in [0.2, 0.25) is 10.0 Å². The second-order valence-corrected chi connectivity index (χ2v) is 10.8. The third-order valence-corrected chi connectivity index (χ3v) is 7.54. The van der Waals surface area contributed by atoms with Crippen LogP contribution in [0.3, 0.4) is 0 Å². The Balaban J connectivity index is 1.57. The topological polar surface area (TPSA) is 66.5 Å². The summed E-state index contributed by atoms with van der Waals surface area (Å²) in [5.74, 6) is -0.104. The van der Waals surface area contributed by atoms with Gasteiger partial charge in [-0.3, -0.25) is 9.10 Å². The van der Waals surface area contributed by atoms with Crippen LogP contribution in [0, 0.1) is 0 Å². The van der Waals surface area contributed by atoms with Crippen LogP contribution in [-0.2, 0) is 27.7 Å². The summed E-state index contributed by atoms with van der Waals surface area (Å²) < 4.78 is 25.7. The summed E-state index contributed by atoms with van der Waals surface area (Å²) >= 11 is 12.0. The Hall–Kier alpha value is -1.76. The number of halogens is 2. The molecule has 0 saturated heterocycles. The summed E-state index contributed by atoms with van der Waals surface area (Å²) in [5, 5.41) is 3.66. The standard InChI is InChI=1S/C23H28Cl2N2O3S/c1-16(18-10-9-17-6-3-4-7-19(17)14-18)26-23(28)8-5-13-27(31(2,29)30)20-11-12-21(24)22(25)15-20/h9-12,14-16H,3-8,13H2,1-2H3,(H,26,28). The monoisotopic (exact) mass is 482 g/mol. The summed E-state index contributed by atoms with van der Waals surface area (Å²) in [7, 11) is -3.52. The zero-order valence-corrected chi connectivity index (χ0v) is 20.2. The van der Waals surface area contributed by atoms with Gasteiger partial charge in [0.25, 0.3) is 0 Å². The van der Waals surface area contributed by atoms with Crippen LogP contribution < -0.4 is 9.62 Å². The van der Waals surface area contributed by atoms with Crippen LogP contribution in [-0.4, -0.2) is 27.1 Å². The molecule has 5 nitrogen and oxygen atoms in total. The first-order valence-corrected chi connectivity index (χ1v) is 13.1. The molecule has 0 saturated carbocycles. The second-order valence-electron chi connectivity index (χ2n) is 8.06. The smallest absolute Gasteiger partial charge is 0.232 e. The van der Waals surface area contributed by atoms with E-state index in [9.17, 15) is 13.2 Å². The molecule has 0 radical (unpaired) electrons. The maximum atomic E-state index is 12.5. The van der Waals surface area contributed by atoms with Gasteiger partial charge < -0.3 is 5.32 Å². The van der Waals surface area contributed by atoms with E-state index in [2.05, 4.69) is 23.5 Å². The molecule has 1 aliphatic rings. The largest absolute Gasteiger partial charge is 0.350 e. The predicted octanol–water partition coefficient (Wildman–Crippen LogP) is 5.30. The molecular weight excluding hydrogens is 455 g/mol. The fourth-order valence-electron chi connectivity index (χ4n) is 3.93. The lowest BCUT2D eigenvalue weighted by Gasteiger charge is -2.23. The molecule has 0 bridgehead atoms. The van der Waals surface area contributed by atoms with Crippen molar-refractivity contribution in [1.29, 1.82) is 0 Å². The lowest BCUT2D eigenvalue weighted by molar-refractivity contribution is -0.121. The van der Waals surface area contributed by atoms with Crippen LogP contribution in [0.1, 0.15) is 55.3 Å². The zero-order chi connectivity index (χ0) is 22.6. The van der Waals surface area contributed by atoms with Gasteiger partial charge in [0.05, 0.1) is 28.0 Å². The van der Waals surface area contributed by atoms with Gasteiger partial charge in [-0.05, 0) is 73.9 Å². The number of amides is 1. The Bertz CT molecular complexity index is 1060. The van der Waals surface area contributed by atoms with Crippen molar-refractivity contribution >= 4 is 44.8 Å². The van der Waals surface area contributed by atoms with Crippen LogP contribution in [0.4, 0.5) is 5.69 Å². The van der Waals surface area contributed by atoms with Gasteiger partial charge >= 0.3 is 0 Å². The molecule has 3 rings (SSSR count). The van der Waals surface area contributed by atoms with Crippen LogP contribution in [0.5, 0.6) is 0 Å². The van der Waals surface area contributed by atoms with E-state index >= 15 is 0 Å². The van der Waals surface area contributed by atoms with E-state index in [-0.39, 0.29) is 29.9 Å². The number of sulfonamides is 1. The van der Waals surface area contributed by atoms with E-state index in [4.69, 9.17) is 23.2 Å². The summed E-state index contributed by atoms with van der Waals surface area (Å²) in [4.78, 5) is 12.5. The molecule has 1 unspecified atom stereocenters. The molecule has 1 amide bonds. The molecule has 168 valence electrons. The van der Waals surface area contributed by atoms with Crippen molar-refractivity contribution in [1.82, 2.24) is 5.32 Å². The Morgan fingerprint density at radius 1 is 1.06 bits per heavy atom. The maximum Gasteiger partial charge on any atom is 0.232 e. The van der Waals surface area contributed by atoms with Crippen LogP contribution >= 0.6 is 23.2 Å². The number of nitrogens with zero attached hydrogens (tertiary/aromatic N) is 1. The number of hydrogen-bond acceptors (Lipinski definition) is 3. The quantitative estimate of drug-likeness (QED) is 0.555. The fraction of sp³-hybridized carbons (Fsp3) is 0.435. The van der Waals surface area contributed by atoms with Gasteiger partial charge in [-0.1, -0.05) is 41.4 Å². The Labute approximate surface area is 194 Å². The lowest BCUT2D eigenvalue weighted by atomic mass is 9.89. The molecule has 1 atom stereocenters. The first-order valence-electron chi connectivity index (χ1n) is 10.5. The number of hydrogen-bond donors (Lipinski definition) is 1. The van der Waals surface area contributed by atoms with Crippen molar-refractivity contribution in [3.63, 3.8) is 0 Å². The highest BCUT2D eigenvalue weighted by atomic mass is 35.5. The number of benzene rings is 2. The average Bonchev–Trinajstić information content (AvgIpc) is 2.72. The number of nitrogens with one attached hydrogen (secondary N) is 1. The van der Waals surface area contributed by atoms with Gasteiger partial charge in [0.1, 0.15) is 0 Å². The van der Waals surface area contributed by atoms with Crippen molar-refractivity contribution in [2.45, 2.75) is 51.5 Å². The second kappa shape index (κ2) is 10.2. The van der Waals surface area contributed by atoms with Gasteiger partial charge in [0.15, 0.2) is 0 Å². The summed E-state index contributed by atoms with van der Waals surface area (Å²) in [6.45, 7) is 2.15. The molecule has 0 spiro atoms. The molecule has 2 aromatic carbocycles. The van der Waals surface area contributed by atoms with E-state index < -0.39 is 10.0 Å². The van der Waals surface area contributed by atoms with E-state index in [0.717, 1.165) is 24.7 Å². The predicted molar refractivity (Wildman–Crippen MR) is 128 cm³/mol. The third-order valence-electron chi connectivity index (χ3n) is 5.61. The lowest BCUT2D eigenvalue weighted by Crippen LogP contribution is -2.32. The normalized spacial score (nSPS) is 14.6. The highest BCUT2D eigenvalue weighted by Crippen LogP contribution is 2.29. The van der Waals surface area contributed by atoms with Crippen molar-refractivity contribution in [2.75, 3.05) is 17.1 Å². The number of fused-ring (bicyclic) bond motifs is 1. The first-order chi connectivity index (χ1) is 14.6. The highest BCUT2D eigenvalue weighted by Gasteiger charge is 2.19. The molecule has 1 aliphatic carbocycles. The Morgan fingerprint density at radius 3 is 2.45 bits per heavy atom. The average molecular weight is 483 g/mol. The highest BCUT2D eigenvalue weighted by molar-refractivity contribution is 7.92. The van der Waals surface area contributed by atoms with Gasteiger partial charge in [-0.15, -0.1) is 0 Å². The maximum absolute atomic E-state index is 12.5. The molecule has 0 heterocycles. The van der Waals surface area contributed by atoms with Crippen molar-refractivity contribution in [2.24, 2.45) is 0 Å². The van der Waals surface area contributed by atoms with Gasteiger partial charge in [0.2, 0.25) is 15.9 Å². The minimum Gasteiger partial charge on any atom is -0.350 e. The van der Waals surface area contributed by atoms with Crippen LogP contribution in [0.25, 0.3) is 0 Å². The first kappa shape index (κ1) is 23.9. The number of carbonyl (C=O) groups is 1. The van der Waals surface area contributed by atoms with Crippen molar-refractivity contribution in [3.8, 4) is 0 Å². The minimum atomic E-state index is -3.52. The minimum absolute atomic E-state index is 0.0965. The number of rotatable bonds is 8. The van der Waals surface area contributed by atoms with E-state index in [1.165, 1.54) is 34.3 Å². The Kier molecular flexibility index (Phi) is 7.89. The summed E-state index contributed by atoms with van der Waals surface area (Å²) in [5.41, 5.74) is 4.33. The molecule has 0 aromatic heterocycles. The van der Waals surface area contributed by atoms with Gasteiger partial charge in [0, 0.05) is 13.0 Å². The van der Waals surface area contributed by atoms with Crippen LogP contribution in [0.15, 0.2) is 36.4 Å². The molecule has 8 heteroatoms. The van der Waals surface area contributed by atoms with Gasteiger partial charge in [-0.25, -0.2) is 8.42 Å². The fourth-order valence-corrected chi connectivity index (χ4v) is 5.18. The number of carbonyl (C=O) groups excluding carboxylic acids is 1. The molecular formula is C23H28Cl2N2O3S. The van der Waals surface area contributed by atoms with E-state index in [1.807, 2.05) is 6.92 Å². The SMILES string of the molecule is CC(NC(=O)CCCN(c1ccc(Cl)c(Cl)c1)S(C)(=O)=O)c1ccc2c(c1)CCCC2. The molecule has 31 heavy (non-hydrogen) atoms. The molecule has 0 aliphatic heterocycles. The van der Waals surface area contributed by atoms with Crippen molar-refractivity contribution in [3.05, 3.63) is 63.1 Å². The van der Waals surface area contributed by atoms with Crippen molar-refractivity contribution < 1.29 is 13.2 Å².